The van der Waals surface area contributed by atoms with E-state index in [0.717, 1.165) is 6.42 Å². The van der Waals surface area contributed by atoms with Crippen molar-refractivity contribution in [3.8, 4) is 0 Å². The Balaban J connectivity index is 2.12. The molecule has 2 aliphatic heterocycles. The van der Waals surface area contributed by atoms with Crippen LogP contribution in [-0.4, -0.2) is 97.4 Å². The Bertz CT molecular complexity index is 672. The second-order valence-corrected chi connectivity index (χ2v) is 8.18. The Morgan fingerprint density at radius 2 is 1.87 bits per heavy atom. The number of carbonyl (C=O) groups excluding carboxylic acids is 4. The molecule has 0 aromatic heterocycles. The van der Waals surface area contributed by atoms with Gasteiger partial charge in [0.25, 0.3) is 0 Å². The minimum absolute atomic E-state index is 0.00964. The van der Waals surface area contributed by atoms with Gasteiger partial charge in [-0.05, 0) is 25.7 Å². The standard InChI is InChI=1S/C21H34N4O5/c1-15(2)18(23(4)19(27)13-22-14-26)12-16(3)20(28)25-7-5-6-17(25)21(29)24-8-10-30-11-9-24/h12,14-15,17-18H,5-11,13H2,1-4H3,(H,22,26)/b16-12+/t17-,18+/m0/s1. The molecule has 1 N–H and O–H groups in total. The van der Waals surface area contributed by atoms with E-state index in [0.29, 0.717) is 51.3 Å². The number of likely N-dealkylation sites (N-methyl/N-ethyl adjacent to an activating group) is 1. The van der Waals surface area contributed by atoms with Crippen LogP contribution in [0.4, 0.5) is 0 Å². The predicted molar refractivity (Wildman–Crippen MR) is 111 cm³/mol. The minimum Gasteiger partial charge on any atom is -0.378 e. The molecule has 2 saturated heterocycles. The van der Waals surface area contributed by atoms with Crippen LogP contribution in [-0.2, 0) is 23.9 Å². The summed E-state index contributed by atoms with van der Waals surface area (Å²) in [6.07, 6.45) is 3.74. The van der Waals surface area contributed by atoms with Crippen LogP contribution in [0.2, 0.25) is 0 Å². The number of morpholine rings is 1. The molecular formula is C21H34N4O5. The highest BCUT2D eigenvalue weighted by atomic mass is 16.5. The number of ether oxygens (including phenoxy) is 1. The van der Waals surface area contributed by atoms with E-state index in [1.54, 1.807) is 29.8 Å². The molecule has 2 heterocycles. The van der Waals surface area contributed by atoms with Gasteiger partial charge in [0.2, 0.25) is 24.1 Å². The van der Waals surface area contributed by atoms with E-state index < -0.39 is 6.04 Å². The molecular weight excluding hydrogens is 388 g/mol. The average Bonchev–Trinajstić information content (AvgIpc) is 3.24. The van der Waals surface area contributed by atoms with E-state index in [9.17, 15) is 19.2 Å². The van der Waals surface area contributed by atoms with Gasteiger partial charge in [0.1, 0.15) is 6.04 Å². The molecule has 0 aliphatic carbocycles. The van der Waals surface area contributed by atoms with Crippen molar-refractivity contribution in [3.63, 3.8) is 0 Å². The van der Waals surface area contributed by atoms with Crippen LogP contribution < -0.4 is 5.32 Å². The first kappa shape index (κ1) is 23.9. The third kappa shape index (κ3) is 5.81. The molecule has 2 fully saturated rings. The van der Waals surface area contributed by atoms with Crippen molar-refractivity contribution >= 4 is 24.1 Å². The summed E-state index contributed by atoms with van der Waals surface area (Å²) in [6.45, 7) is 8.30. The molecule has 0 spiro atoms. The maximum atomic E-state index is 13.2. The van der Waals surface area contributed by atoms with Crippen molar-refractivity contribution in [1.29, 1.82) is 0 Å². The van der Waals surface area contributed by atoms with Crippen LogP contribution in [0, 0.1) is 5.92 Å². The first-order valence-electron chi connectivity index (χ1n) is 10.6. The van der Waals surface area contributed by atoms with Crippen molar-refractivity contribution < 1.29 is 23.9 Å². The molecule has 0 aromatic rings. The number of amides is 4. The molecule has 4 amide bonds. The van der Waals surface area contributed by atoms with E-state index in [-0.39, 0.29) is 36.2 Å². The number of nitrogens with one attached hydrogen (secondary N) is 1. The van der Waals surface area contributed by atoms with Crippen LogP contribution in [0.15, 0.2) is 11.6 Å². The van der Waals surface area contributed by atoms with Crippen LogP contribution in [0.1, 0.15) is 33.6 Å². The number of carbonyl (C=O) groups is 4. The molecule has 2 atom stereocenters. The summed E-state index contributed by atoms with van der Waals surface area (Å²) in [7, 11) is 1.66. The highest BCUT2D eigenvalue weighted by Gasteiger charge is 2.37. The van der Waals surface area contributed by atoms with Crippen molar-refractivity contribution in [2.75, 3.05) is 46.4 Å². The lowest BCUT2D eigenvalue weighted by Crippen LogP contribution is -2.51. The van der Waals surface area contributed by atoms with Gasteiger partial charge in [-0.15, -0.1) is 0 Å². The van der Waals surface area contributed by atoms with Crippen LogP contribution >= 0.6 is 0 Å². The molecule has 0 saturated carbocycles. The van der Waals surface area contributed by atoms with Gasteiger partial charge in [0, 0.05) is 32.3 Å². The monoisotopic (exact) mass is 422 g/mol. The minimum atomic E-state index is -0.437. The predicted octanol–water partition coefficient (Wildman–Crippen LogP) is 0.0115. The maximum Gasteiger partial charge on any atom is 0.249 e. The van der Waals surface area contributed by atoms with E-state index >= 15 is 0 Å². The second kappa shape index (κ2) is 11.1. The third-order valence-corrected chi connectivity index (χ3v) is 5.74. The van der Waals surface area contributed by atoms with Gasteiger partial charge in [-0.3, -0.25) is 19.2 Å². The Labute approximate surface area is 178 Å². The smallest absolute Gasteiger partial charge is 0.249 e. The molecule has 0 unspecified atom stereocenters. The molecule has 2 aliphatic rings. The Morgan fingerprint density at radius 3 is 2.47 bits per heavy atom. The second-order valence-electron chi connectivity index (χ2n) is 8.18. The lowest BCUT2D eigenvalue weighted by Gasteiger charge is -2.33. The summed E-state index contributed by atoms with van der Waals surface area (Å²) in [4.78, 5) is 53.8. The lowest BCUT2D eigenvalue weighted by atomic mass is 9.99. The van der Waals surface area contributed by atoms with Crippen LogP contribution in [0.25, 0.3) is 0 Å². The molecule has 30 heavy (non-hydrogen) atoms. The molecule has 2 rings (SSSR count). The first-order valence-corrected chi connectivity index (χ1v) is 10.6. The molecule has 9 heteroatoms. The quantitative estimate of drug-likeness (QED) is 0.439. The lowest BCUT2D eigenvalue weighted by molar-refractivity contribution is -0.145. The zero-order valence-corrected chi connectivity index (χ0v) is 18.4. The number of rotatable bonds is 8. The van der Waals surface area contributed by atoms with E-state index in [1.165, 1.54) is 4.90 Å². The summed E-state index contributed by atoms with van der Waals surface area (Å²) < 4.78 is 5.32. The molecule has 168 valence electrons. The molecule has 0 radical (unpaired) electrons. The number of hydrogen-bond donors (Lipinski definition) is 1. The van der Waals surface area contributed by atoms with Crippen LogP contribution in [0.3, 0.4) is 0 Å². The summed E-state index contributed by atoms with van der Waals surface area (Å²) in [5.41, 5.74) is 0.512. The zero-order chi connectivity index (χ0) is 22.3. The third-order valence-electron chi connectivity index (χ3n) is 5.74. The maximum absolute atomic E-state index is 13.2. The van der Waals surface area contributed by atoms with Crippen molar-refractivity contribution in [2.45, 2.75) is 45.7 Å². The van der Waals surface area contributed by atoms with E-state index in [4.69, 9.17) is 4.74 Å². The van der Waals surface area contributed by atoms with Gasteiger partial charge in [-0.25, -0.2) is 0 Å². The largest absolute Gasteiger partial charge is 0.378 e. The highest BCUT2D eigenvalue weighted by molar-refractivity contribution is 5.97. The van der Waals surface area contributed by atoms with Crippen molar-refractivity contribution in [3.05, 3.63) is 11.6 Å². The van der Waals surface area contributed by atoms with Crippen molar-refractivity contribution in [2.24, 2.45) is 5.92 Å². The fourth-order valence-corrected chi connectivity index (χ4v) is 3.99. The number of likely N-dealkylation sites (tertiary alicyclic amines) is 1. The zero-order valence-electron chi connectivity index (χ0n) is 18.4. The van der Waals surface area contributed by atoms with Gasteiger partial charge < -0.3 is 24.8 Å². The topological polar surface area (TPSA) is 99.3 Å². The first-order chi connectivity index (χ1) is 14.3. The average molecular weight is 423 g/mol. The summed E-state index contributed by atoms with van der Waals surface area (Å²) in [5.74, 6) is -0.345. The fourth-order valence-electron chi connectivity index (χ4n) is 3.99. The fraction of sp³-hybridized carbons (Fsp3) is 0.714. The Morgan fingerprint density at radius 1 is 1.20 bits per heavy atom. The van der Waals surface area contributed by atoms with Crippen molar-refractivity contribution in [1.82, 2.24) is 20.0 Å². The highest BCUT2D eigenvalue weighted by Crippen LogP contribution is 2.23. The summed E-state index contributed by atoms with van der Waals surface area (Å²) >= 11 is 0. The van der Waals surface area contributed by atoms with E-state index in [2.05, 4.69) is 5.32 Å². The van der Waals surface area contributed by atoms with Gasteiger partial charge in [0.15, 0.2) is 0 Å². The number of hydrogen-bond acceptors (Lipinski definition) is 5. The SMILES string of the molecule is C/C(=C\[C@H](C(C)C)N(C)C(=O)CNC=O)C(=O)N1CCC[C@H]1C(=O)N1CCOCC1. The van der Waals surface area contributed by atoms with Gasteiger partial charge >= 0.3 is 0 Å². The molecule has 9 nitrogen and oxygen atoms in total. The Hall–Kier alpha value is -2.42. The van der Waals surface area contributed by atoms with Gasteiger partial charge in [-0.2, -0.15) is 0 Å². The summed E-state index contributed by atoms with van der Waals surface area (Å²) in [6, 6.07) is -0.737. The normalized spacial score (nSPS) is 20.8. The Kier molecular flexibility index (Phi) is 8.83. The van der Waals surface area contributed by atoms with Gasteiger partial charge in [0.05, 0.1) is 25.8 Å². The van der Waals surface area contributed by atoms with Crippen LogP contribution in [0.5, 0.6) is 0 Å². The van der Waals surface area contributed by atoms with Gasteiger partial charge in [-0.1, -0.05) is 19.9 Å². The molecule has 0 aromatic carbocycles. The number of nitrogens with zero attached hydrogens (tertiary/aromatic N) is 3. The molecule has 0 bridgehead atoms. The van der Waals surface area contributed by atoms with E-state index in [1.807, 2.05) is 13.8 Å². The summed E-state index contributed by atoms with van der Waals surface area (Å²) in [5, 5.41) is 2.37.